The highest BCUT2D eigenvalue weighted by Crippen LogP contribution is 2.39. The molecule has 0 bridgehead atoms. The number of amides is 3. The van der Waals surface area contributed by atoms with E-state index in [-0.39, 0.29) is 35.8 Å². The first kappa shape index (κ1) is 19.8. The molecule has 0 aromatic heterocycles. The Morgan fingerprint density at radius 1 is 1.22 bits per heavy atom. The topological polar surface area (TPSA) is 66.5 Å². The third-order valence-electron chi connectivity index (χ3n) is 5.27. The highest BCUT2D eigenvalue weighted by atomic mass is 32.2. The lowest BCUT2D eigenvalue weighted by Gasteiger charge is -2.26. The highest BCUT2D eigenvalue weighted by Gasteiger charge is 2.51. The molecule has 1 aromatic rings. The van der Waals surface area contributed by atoms with E-state index in [1.807, 2.05) is 6.26 Å². The van der Waals surface area contributed by atoms with Crippen molar-refractivity contribution in [1.29, 1.82) is 0 Å². The highest BCUT2D eigenvalue weighted by molar-refractivity contribution is 7.98. The van der Waals surface area contributed by atoms with Crippen LogP contribution < -0.4 is 5.32 Å². The zero-order chi connectivity index (χ0) is 19.6. The van der Waals surface area contributed by atoms with Gasteiger partial charge in [-0.3, -0.25) is 19.3 Å². The fourth-order valence-corrected chi connectivity index (χ4v) is 4.37. The summed E-state index contributed by atoms with van der Waals surface area (Å²) in [6, 6.07) is 1.73. The van der Waals surface area contributed by atoms with Crippen LogP contribution in [0.2, 0.25) is 0 Å². The summed E-state index contributed by atoms with van der Waals surface area (Å²) >= 11 is 1.48. The lowest BCUT2D eigenvalue weighted by Crippen LogP contribution is -2.48. The molecule has 1 aliphatic carbocycles. The van der Waals surface area contributed by atoms with Crippen LogP contribution in [0.1, 0.15) is 32.1 Å². The molecule has 1 saturated heterocycles. The number of carbonyl (C=O) groups excluding carboxylic acids is 3. The average Bonchev–Trinajstić information content (AvgIpc) is 2.90. The molecular weight excluding hydrogens is 374 g/mol. The Kier molecular flexibility index (Phi) is 6.14. The fourth-order valence-electron chi connectivity index (χ4n) is 3.91. The largest absolute Gasteiger partial charge is 0.322 e. The van der Waals surface area contributed by atoms with Crippen LogP contribution in [0.3, 0.4) is 0 Å². The number of nitrogens with one attached hydrogen (secondary N) is 1. The monoisotopic (exact) mass is 396 g/mol. The van der Waals surface area contributed by atoms with Crippen molar-refractivity contribution in [2.75, 3.05) is 17.3 Å². The van der Waals surface area contributed by atoms with Crippen LogP contribution in [0.15, 0.2) is 18.2 Å². The van der Waals surface area contributed by atoms with Crippen LogP contribution in [-0.4, -0.2) is 40.7 Å². The van der Waals surface area contributed by atoms with E-state index in [9.17, 15) is 23.2 Å². The predicted molar refractivity (Wildman–Crippen MR) is 99.1 cm³/mol. The molecule has 146 valence electrons. The van der Waals surface area contributed by atoms with E-state index in [1.165, 1.54) is 11.8 Å². The number of anilines is 1. The molecule has 8 heteroatoms. The summed E-state index contributed by atoms with van der Waals surface area (Å²) in [6.45, 7) is 0. The molecule has 3 atom stereocenters. The normalized spacial score (nSPS) is 23.3. The van der Waals surface area contributed by atoms with Gasteiger partial charge in [0.25, 0.3) is 0 Å². The molecule has 1 aromatic carbocycles. The molecule has 2 aliphatic rings. The van der Waals surface area contributed by atoms with Crippen LogP contribution in [0.4, 0.5) is 14.5 Å². The van der Waals surface area contributed by atoms with Gasteiger partial charge in [-0.05, 0) is 43.4 Å². The van der Waals surface area contributed by atoms with Gasteiger partial charge in [0.2, 0.25) is 17.7 Å². The third-order valence-corrected chi connectivity index (χ3v) is 5.92. The van der Waals surface area contributed by atoms with Gasteiger partial charge in [-0.25, -0.2) is 8.78 Å². The third kappa shape index (κ3) is 4.00. The summed E-state index contributed by atoms with van der Waals surface area (Å²) in [7, 11) is 0. The Morgan fingerprint density at radius 2 is 1.85 bits per heavy atom. The van der Waals surface area contributed by atoms with E-state index in [1.54, 1.807) is 0 Å². The number of hydrogen-bond donors (Lipinski definition) is 1. The summed E-state index contributed by atoms with van der Waals surface area (Å²) in [4.78, 5) is 39.5. The van der Waals surface area contributed by atoms with Crippen molar-refractivity contribution in [3.63, 3.8) is 0 Å². The lowest BCUT2D eigenvalue weighted by molar-refractivity contribution is -0.146. The van der Waals surface area contributed by atoms with Gasteiger partial charge in [0.05, 0.1) is 17.5 Å². The Balaban J connectivity index is 1.84. The van der Waals surface area contributed by atoms with Crippen LogP contribution in [0, 0.1) is 23.5 Å². The van der Waals surface area contributed by atoms with Crippen LogP contribution in [0.5, 0.6) is 0 Å². The van der Waals surface area contributed by atoms with Gasteiger partial charge in [0, 0.05) is 6.07 Å². The summed E-state index contributed by atoms with van der Waals surface area (Å²) < 4.78 is 27.3. The van der Waals surface area contributed by atoms with E-state index >= 15 is 0 Å². The minimum Gasteiger partial charge on any atom is -0.322 e. The Labute approximate surface area is 160 Å². The van der Waals surface area contributed by atoms with Crippen molar-refractivity contribution in [3.05, 3.63) is 29.8 Å². The Bertz CT molecular complexity index is 734. The minimum absolute atomic E-state index is 0.265. The summed E-state index contributed by atoms with van der Waals surface area (Å²) in [6.07, 6.45) is 5.21. The van der Waals surface area contributed by atoms with E-state index in [0.29, 0.717) is 18.6 Å². The molecule has 1 N–H and O–H groups in total. The van der Waals surface area contributed by atoms with Gasteiger partial charge < -0.3 is 5.32 Å². The van der Waals surface area contributed by atoms with Crippen molar-refractivity contribution in [1.82, 2.24) is 4.90 Å². The number of fused-ring (bicyclic) bond motifs is 1. The number of nitrogens with zero attached hydrogens (tertiary/aromatic N) is 1. The zero-order valence-electron chi connectivity index (χ0n) is 15.0. The van der Waals surface area contributed by atoms with Crippen molar-refractivity contribution in [2.45, 2.75) is 38.1 Å². The van der Waals surface area contributed by atoms with Gasteiger partial charge in [-0.2, -0.15) is 11.8 Å². The number of imide groups is 1. The van der Waals surface area contributed by atoms with Gasteiger partial charge >= 0.3 is 0 Å². The second kappa shape index (κ2) is 8.37. The first-order chi connectivity index (χ1) is 12.9. The van der Waals surface area contributed by atoms with Gasteiger partial charge in [0.15, 0.2) is 0 Å². The summed E-state index contributed by atoms with van der Waals surface area (Å²) in [5.74, 6) is -2.93. The predicted octanol–water partition coefficient (Wildman–Crippen LogP) is 3.20. The van der Waals surface area contributed by atoms with E-state index in [0.717, 1.165) is 35.9 Å². The molecule has 3 amide bonds. The van der Waals surface area contributed by atoms with Crippen molar-refractivity contribution >= 4 is 35.2 Å². The first-order valence-electron chi connectivity index (χ1n) is 9.05. The Hall–Kier alpha value is -1.96. The quantitative estimate of drug-likeness (QED) is 0.750. The first-order valence-corrected chi connectivity index (χ1v) is 10.4. The summed E-state index contributed by atoms with van der Waals surface area (Å²) in [5.41, 5.74) is -0.300. The number of thioether (sulfide) groups is 1. The van der Waals surface area contributed by atoms with Gasteiger partial charge in [0.1, 0.15) is 17.7 Å². The Morgan fingerprint density at radius 3 is 2.44 bits per heavy atom. The molecule has 1 saturated carbocycles. The zero-order valence-corrected chi connectivity index (χ0v) is 15.9. The molecule has 3 rings (SSSR count). The second-order valence-corrected chi connectivity index (χ2v) is 7.94. The van der Waals surface area contributed by atoms with Gasteiger partial charge in [-0.1, -0.05) is 12.8 Å². The number of carbonyl (C=O) groups is 3. The standard InChI is InChI=1S/C19H22F2N2O3S/c1-27-9-8-16(17(24)22-15-10-11(20)6-7-14(15)21)23-18(25)12-4-2-3-5-13(12)19(23)26/h6-7,10,12-13,16H,2-5,8-9H2,1H3,(H,22,24). The van der Waals surface area contributed by atoms with E-state index in [4.69, 9.17) is 0 Å². The maximum absolute atomic E-state index is 13.9. The van der Waals surface area contributed by atoms with Crippen LogP contribution in [0.25, 0.3) is 0 Å². The number of rotatable bonds is 6. The van der Waals surface area contributed by atoms with Crippen LogP contribution >= 0.6 is 11.8 Å². The summed E-state index contributed by atoms with van der Waals surface area (Å²) in [5, 5.41) is 2.35. The van der Waals surface area contributed by atoms with Crippen molar-refractivity contribution in [3.8, 4) is 0 Å². The molecule has 1 aliphatic heterocycles. The minimum atomic E-state index is -1.02. The molecule has 1 heterocycles. The second-order valence-electron chi connectivity index (χ2n) is 6.95. The van der Waals surface area contributed by atoms with Crippen molar-refractivity contribution < 1.29 is 23.2 Å². The molecule has 27 heavy (non-hydrogen) atoms. The average molecular weight is 396 g/mol. The van der Waals surface area contributed by atoms with E-state index < -0.39 is 23.6 Å². The number of hydrogen-bond acceptors (Lipinski definition) is 4. The smallest absolute Gasteiger partial charge is 0.247 e. The molecule has 3 unspecified atom stereocenters. The number of halogens is 2. The van der Waals surface area contributed by atoms with Crippen molar-refractivity contribution in [2.24, 2.45) is 11.8 Å². The molecular formula is C19H22F2N2O3S. The van der Waals surface area contributed by atoms with E-state index in [2.05, 4.69) is 5.32 Å². The van der Waals surface area contributed by atoms with Gasteiger partial charge in [-0.15, -0.1) is 0 Å². The molecule has 2 fully saturated rings. The number of benzene rings is 1. The SMILES string of the molecule is CSCCC(C(=O)Nc1cc(F)ccc1F)N1C(=O)C2CCCCC2C1=O. The number of likely N-dealkylation sites (tertiary alicyclic amines) is 1. The molecule has 5 nitrogen and oxygen atoms in total. The maximum Gasteiger partial charge on any atom is 0.247 e. The lowest BCUT2D eigenvalue weighted by atomic mass is 9.81. The molecule has 0 spiro atoms. The fraction of sp³-hybridized carbons (Fsp3) is 0.526. The van der Waals surface area contributed by atoms with Crippen LogP contribution in [-0.2, 0) is 14.4 Å². The molecule has 0 radical (unpaired) electrons. The maximum atomic E-state index is 13.9.